The lowest BCUT2D eigenvalue weighted by atomic mass is 9.91. The molecule has 102 valence electrons. The van der Waals surface area contributed by atoms with Crippen molar-refractivity contribution in [2.45, 2.75) is 18.2 Å². The van der Waals surface area contributed by atoms with E-state index in [0.29, 0.717) is 6.20 Å². The summed E-state index contributed by atoms with van der Waals surface area (Å²) in [6.07, 6.45) is -3.84. The molecule has 2 rings (SSSR count). The number of aromatic nitrogens is 1. The molecule has 0 aliphatic carbocycles. The highest BCUT2D eigenvalue weighted by molar-refractivity contribution is 6.33. The molecule has 4 nitrogen and oxygen atoms in total. The number of halogens is 4. The van der Waals surface area contributed by atoms with E-state index >= 15 is 0 Å². The molecule has 1 saturated heterocycles. The highest BCUT2D eigenvalue weighted by atomic mass is 35.5. The molecule has 0 radical (unpaired) electrons. The molecule has 8 heteroatoms. The molecule has 1 aromatic heterocycles. The van der Waals surface area contributed by atoms with Gasteiger partial charge in [-0.3, -0.25) is 0 Å². The van der Waals surface area contributed by atoms with Gasteiger partial charge in [0.1, 0.15) is 11.4 Å². The van der Waals surface area contributed by atoms with Gasteiger partial charge in [-0.15, -0.1) is 0 Å². The number of nitriles is 1. The summed E-state index contributed by atoms with van der Waals surface area (Å²) in [7, 11) is 0. The summed E-state index contributed by atoms with van der Waals surface area (Å²) in [6, 6.07) is 2.64. The van der Waals surface area contributed by atoms with Gasteiger partial charge in [0.2, 0.25) is 0 Å². The maximum absolute atomic E-state index is 12.4. The molecular weight excluding hydrogens is 283 g/mol. The Morgan fingerprint density at radius 2 is 2.16 bits per heavy atom. The van der Waals surface area contributed by atoms with Crippen LogP contribution in [0.4, 0.5) is 19.0 Å². The average Bonchev–Trinajstić information content (AvgIpc) is 2.25. The Morgan fingerprint density at radius 1 is 1.53 bits per heavy atom. The summed E-state index contributed by atoms with van der Waals surface area (Å²) in [6.45, 7) is 0.247. The van der Waals surface area contributed by atoms with Gasteiger partial charge < -0.3 is 10.0 Å². The van der Waals surface area contributed by atoms with Crippen molar-refractivity contribution >= 4 is 17.4 Å². The Balaban J connectivity index is 2.15. The fourth-order valence-corrected chi connectivity index (χ4v) is 2.18. The van der Waals surface area contributed by atoms with Crippen molar-refractivity contribution in [1.82, 2.24) is 4.98 Å². The lowest BCUT2D eigenvalue weighted by Gasteiger charge is -2.46. The Labute approximate surface area is 112 Å². The van der Waals surface area contributed by atoms with E-state index in [-0.39, 0.29) is 30.4 Å². The number of pyridine rings is 1. The van der Waals surface area contributed by atoms with E-state index in [1.165, 1.54) is 4.90 Å². The second kappa shape index (κ2) is 4.54. The van der Waals surface area contributed by atoms with Crippen molar-refractivity contribution in [2.24, 2.45) is 0 Å². The lowest BCUT2D eigenvalue weighted by molar-refractivity contribution is -0.137. The van der Waals surface area contributed by atoms with Crippen LogP contribution in [0.2, 0.25) is 5.02 Å². The molecule has 0 amide bonds. The van der Waals surface area contributed by atoms with E-state index in [1.807, 2.05) is 6.07 Å². The number of anilines is 1. The summed E-state index contributed by atoms with van der Waals surface area (Å²) in [5.41, 5.74) is -2.06. The molecular formula is C11H9ClF3N3O. The van der Waals surface area contributed by atoms with Crippen LogP contribution < -0.4 is 4.90 Å². The number of nitrogens with zero attached hydrogens (tertiary/aromatic N) is 3. The van der Waals surface area contributed by atoms with Crippen LogP contribution in [-0.2, 0) is 6.18 Å². The topological polar surface area (TPSA) is 60.1 Å². The molecule has 0 unspecified atom stereocenters. The second-order valence-electron chi connectivity index (χ2n) is 4.44. The van der Waals surface area contributed by atoms with Crippen LogP contribution in [0, 0.1) is 11.3 Å². The average molecular weight is 292 g/mol. The Bertz CT molecular complexity index is 535. The number of hydrogen-bond donors (Lipinski definition) is 1. The van der Waals surface area contributed by atoms with E-state index in [0.717, 1.165) is 6.07 Å². The predicted molar refractivity (Wildman–Crippen MR) is 61.6 cm³/mol. The Hall–Kier alpha value is -1.52. The highest BCUT2D eigenvalue weighted by Crippen LogP contribution is 2.36. The third-order valence-corrected chi connectivity index (χ3v) is 3.11. The Morgan fingerprint density at radius 3 is 2.63 bits per heavy atom. The molecule has 1 aliphatic heterocycles. The van der Waals surface area contributed by atoms with Crippen LogP contribution in [0.15, 0.2) is 12.3 Å². The molecule has 19 heavy (non-hydrogen) atoms. The maximum Gasteiger partial charge on any atom is 0.417 e. The van der Waals surface area contributed by atoms with Crippen LogP contribution in [0.3, 0.4) is 0 Å². The Kier molecular flexibility index (Phi) is 3.32. The summed E-state index contributed by atoms with van der Waals surface area (Å²) < 4.78 is 37.3. The molecule has 0 atom stereocenters. The third kappa shape index (κ3) is 2.74. The first kappa shape index (κ1) is 13.9. The number of β-amino-alcohol motifs (C(OH)–C–C–N with tert-alkyl or cyclic N) is 1. The van der Waals surface area contributed by atoms with Crippen molar-refractivity contribution in [3.8, 4) is 6.07 Å². The molecule has 1 fully saturated rings. The zero-order valence-electron chi connectivity index (χ0n) is 9.58. The van der Waals surface area contributed by atoms with E-state index in [4.69, 9.17) is 16.9 Å². The molecule has 1 aliphatic rings. The van der Waals surface area contributed by atoms with Gasteiger partial charge in [0.25, 0.3) is 0 Å². The molecule has 0 aromatic carbocycles. The molecule has 2 heterocycles. The molecule has 1 N–H and O–H groups in total. The monoisotopic (exact) mass is 291 g/mol. The highest BCUT2D eigenvalue weighted by Gasteiger charge is 2.42. The first-order valence-electron chi connectivity index (χ1n) is 5.32. The molecule has 0 bridgehead atoms. The predicted octanol–water partition coefficient (Wildman–Crippen LogP) is 2.22. The SMILES string of the molecule is N#CCC1(O)CN(c2ncc(C(F)(F)F)cc2Cl)C1. The summed E-state index contributed by atoms with van der Waals surface area (Å²) in [4.78, 5) is 5.20. The van der Waals surface area contributed by atoms with Crippen molar-refractivity contribution in [3.05, 3.63) is 22.8 Å². The molecule has 0 spiro atoms. The van der Waals surface area contributed by atoms with Gasteiger partial charge in [0.05, 0.1) is 36.2 Å². The number of aliphatic hydroxyl groups is 1. The van der Waals surface area contributed by atoms with Crippen LogP contribution in [-0.4, -0.2) is 28.8 Å². The van der Waals surface area contributed by atoms with Gasteiger partial charge >= 0.3 is 6.18 Å². The van der Waals surface area contributed by atoms with Crippen molar-refractivity contribution in [1.29, 1.82) is 5.26 Å². The van der Waals surface area contributed by atoms with Gasteiger partial charge in [-0.05, 0) is 6.07 Å². The molecule has 1 aromatic rings. The van der Waals surface area contributed by atoms with E-state index in [2.05, 4.69) is 4.98 Å². The van der Waals surface area contributed by atoms with Crippen molar-refractivity contribution in [2.75, 3.05) is 18.0 Å². The fourth-order valence-electron chi connectivity index (χ4n) is 1.89. The first-order chi connectivity index (χ1) is 8.75. The molecule has 0 saturated carbocycles. The smallest absolute Gasteiger partial charge is 0.385 e. The zero-order chi connectivity index (χ0) is 14.3. The number of rotatable bonds is 2. The lowest BCUT2D eigenvalue weighted by Crippen LogP contribution is -2.62. The summed E-state index contributed by atoms with van der Waals surface area (Å²) in [5, 5.41) is 18.2. The van der Waals surface area contributed by atoms with Gasteiger partial charge in [0, 0.05) is 6.20 Å². The third-order valence-electron chi connectivity index (χ3n) is 2.83. The normalized spacial score (nSPS) is 17.8. The largest absolute Gasteiger partial charge is 0.417 e. The first-order valence-corrected chi connectivity index (χ1v) is 5.70. The second-order valence-corrected chi connectivity index (χ2v) is 4.85. The minimum absolute atomic E-state index is 0.0399. The maximum atomic E-state index is 12.4. The number of hydrogen-bond acceptors (Lipinski definition) is 4. The minimum Gasteiger partial charge on any atom is -0.385 e. The quantitative estimate of drug-likeness (QED) is 0.907. The van der Waals surface area contributed by atoms with E-state index < -0.39 is 17.3 Å². The minimum atomic E-state index is -4.49. The summed E-state index contributed by atoms with van der Waals surface area (Å²) >= 11 is 5.76. The standard InChI is InChI=1S/C11H9ClF3N3O/c12-8-3-7(11(13,14)15)4-17-9(8)18-5-10(19,6-18)1-2-16/h3-4,19H,1,5-6H2. The zero-order valence-corrected chi connectivity index (χ0v) is 10.3. The van der Waals surface area contributed by atoms with Crippen LogP contribution in [0.25, 0.3) is 0 Å². The van der Waals surface area contributed by atoms with Gasteiger partial charge in [0.15, 0.2) is 0 Å². The van der Waals surface area contributed by atoms with E-state index in [1.54, 1.807) is 0 Å². The van der Waals surface area contributed by atoms with Crippen molar-refractivity contribution < 1.29 is 18.3 Å². The fraction of sp³-hybridized carbons (Fsp3) is 0.455. The van der Waals surface area contributed by atoms with Crippen molar-refractivity contribution in [3.63, 3.8) is 0 Å². The van der Waals surface area contributed by atoms with Gasteiger partial charge in [-0.2, -0.15) is 18.4 Å². The summed E-state index contributed by atoms with van der Waals surface area (Å²) in [5.74, 6) is 0.178. The van der Waals surface area contributed by atoms with Crippen LogP contribution in [0.1, 0.15) is 12.0 Å². The van der Waals surface area contributed by atoms with Crippen LogP contribution >= 0.6 is 11.6 Å². The van der Waals surface area contributed by atoms with Gasteiger partial charge in [-0.1, -0.05) is 11.6 Å². The number of alkyl halides is 3. The van der Waals surface area contributed by atoms with E-state index in [9.17, 15) is 18.3 Å². The van der Waals surface area contributed by atoms with Crippen LogP contribution in [0.5, 0.6) is 0 Å². The van der Waals surface area contributed by atoms with Gasteiger partial charge in [-0.25, -0.2) is 4.98 Å².